The summed E-state index contributed by atoms with van der Waals surface area (Å²) < 4.78 is 0. The molecule has 0 aliphatic rings. The van der Waals surface area contributed by atoms with Gasteiger partial charge in [0.25, 0.3) is 0 Å². The highest BCUT2D eigenvalue weighted by Gasteiger charge is 1.97. The van der Waals surface area contributed by atoms with Crippen molar-refractivity contribution >= 4 is 23.1 Å². The van der Waals surface area contributed by atoms with Crippen LogP contribution >= 0.6 is 0 Å². The molecule has 1 nitrogen and oxygen atoms in total. The van der Waals surface area contributed by atoms with E-state index in [0.717, 1.165) is 11.1 Å². The summed E-state index contributed by atoms with van der Waals surface area (Å²) in [5.41, 5.74) is 3.40. The molecule has 0 unspecified atom stereocenters. The minimum Gasteiger partial charge on any atom is -0.256 e. The first-order chi connectivity index (χ1) is 8.93. The quantitative estimate of drug-likeness (QED) is 0.595. The number of fused-ring (bicyclic) bond motifs is 1. The fraction of sp³-hybridized carbons (Fsp3) is 0. The first kappa shape index (κ1) is 10.7. The van der Waals surface area contributed by atoms with E-state index < -0.39 is 0 Å². The van der Waals surface area contributed by atoms with Gasteiger partial charge in [-0.05, 0) is 11.6 Å². The third-order valence-corrected chi connectivity index (χ3v) is 2.92. The van der Waals surface area contributed by atoms with E-state index in [4.69, 9.17) is 0 Å². The van der Waals surface area contributed by atoms with Crippen LogP contribution in [-0.2, 0) is 0 Å². The van der Waals surface area contributed by atoms with Gasteiger partial charge in [-0.2, -0.15) is 0 Å². The Hall–Kier alpha value is -2.41. The van der Waals surface area contributed by atoms with E-state index in [1.165, 1.54) is 10.9 Å². The fourth-order valence-electron chi connectivity index (χ4n) is 2.01. The van der Waals surface area contributed by atoms with Crippen molar-refractivity contribution in [1.82, 2.24) is 4.98 Å². The van der Waals surface area contributed by atoms with E-state index >= 15 is 0 Å². The maximum atomic E-state index is 4.44. The molecule has 0 spiro atoms. The molecular weight excluding hydrogens is 218 g/mol. The standard InChI is InChI=1S/C17H13N/c1-2-6-14(7-3-1)11-12-16-9-4-8-15-10-5-13-18-17(15)16/h1-13H/b12-11+. The van der Waals surface area contributed by atoms with Gasteiger partial charge in [-0.3, -0.25) is 4.98 Å². The van der Waals surface area contributed by atoms with Crippen LogP contribution in [0.1, 0.15) is 11.1 Å². The van der Waals surface area contributed by atoms with Gasteiger partial charge < -0.3 is 0 Å². The van der Waals surface area contributed by atoms with Crippen molar-refractivity contribution in [1.29, 1.82) is 0 Å². The smallest absolute Gasteiger partial charge is 0.0774 e. The number of benzene rings is 2. The highest BCUT2D eigenvalue weighted by atomic mass is 14.6. The molecule has 3 rings (SSSR count). The molecule has 0 aliphatic carbocycles. The van der Waals surface area contributed by atoms with Crippen LogP contribution in [0.2, 0.25) is 0 Å². The second kappa shape index (κ2) is 4.84. The number of pyridine rings is 1. The number of nitrogens with zero attached hydrogens (tertiary/aromatic N) is 1. The molecule has 3 aromatic rings. The summed E-state index contributed by atoms with van der Waals surface area (Å²) in [4.78, 5) is 4.44. The minimum absolute atomic E-state index is 1.05. The zero-order valence-corrected chi connectivity index (χ0v) is 9.95. The molecule has 0 fully saturated rings. The molecule has 18 heavy (non-hydrogen) atoms. The molecule has 1 heteroatoms. The van der Waals surface area contributed by atoms with Crippen LogP contribution in [0.15, 0.2) is 66.9 Å². The first-order valence-corrected chi connectivity index (χ1v) is 6.00. The predicted octanol–water partition coefficient (Wildman–Crippen LogP) is 4.41. The van der Waals surface area contributed by atoms with Gasteiger partial charge >= 0.3 is 0 Å². The van der Waals surface area contributed by atoms with Crippen molar-refractivity contribution in [2.75, 3.05) is 0 Å². The lowest BCUT2D eigenvalue weighted by molar-refractivity contribution is 1.41. The SMILES string of the molecule is C(=C\c1cccc2cccnc12)/c1ccccc1. The topological polar surface area (TPSA) is 12.9 Å². The maximum absolute atomic E-state index is 4.44. The number of aromatic nitrogens is 1. The number of para-hydroxylation sites is 1. The second-order valence-electron chi connectivity index (χ2n) is 4.17. The summed E-state index contributed by atoms with van der Waals surface area (Å²) >= 11 is 0. The highest BCUT2D eigenvalue weighted by Crippen LogP contribution is 2.18. The van der Waals surface area contributed by atoms with Gasteiger partial charge in [0.15, 0.2) is 0 Å². The highest BCUT2D eigenvalue weighted by molar-refractivity contribution is 5.89. The van der Waals surface area contributed by atoms with Crippen LogP contribution in [0.4, 0.5) is 0 Å². The Bertz CT molecular complexity index is 679. The van der Waals surface area contributed by atoms with E-state index in [0.29, 0.717) is 0 Å². The van der Waals surface area contributed by atoms with Gasteiger partial charge in [0.05, 0.1) is 5.52 Å². The molecule has 0 aliphatic heterocycles. The minimum atomic E-state index is 1.05. The van der Waals surface area contributed by atoms with E-state index in [9.17, 15) is 0 Å². The molecule has 0 amide bonds. The summed E-state index contributed by atoms with van der Waals surface area (Å²) in [6.07, 6.45) is 6.07. The van der Waals surface area contributed by atoms with Gasteiger partial charge in [0, 0.05) is 17.1 Å². The van der Waals surface area contributed by atoms with E-state index in [2.05, 4.69) is 53.5 Å². The molecule has 86 valence electrons. The molecule has 0 radical (unpaired) electrons. The Morgan fingerprint density at radius 2 is 1.56 bits per heavy atom. The van der Waals surface area contributed by atoms with Gasteiger partial charge in [-0.1, -0.05) is 66.7 Å². The number of hydrogen-bond donors (Lipinski definition) is 0. The zero-order chi connectivity index (χ0) is 12.2. The van der Waals surface area contributed by atoms with Crippen molar-refractivity contribution in [3.05, 3.63) is 78.0 Å². The Labute approximate surface area is 106 Å². The summed E-state index contributed by atoms with van der Waals surface area (Å²) in [6.45, 7) is 0. The van der Waals surface area contributed by atoms with E-state index in [1.54, 1.807) is 0 Å². The van der Waals surface area contributed by atoms with Crippen LogP contribution in [-0.4, -0.2) is 4.98 Å². The van der Waals surface area contributed by atoms with Crippen LogP contribution < -0.4 is 0 Å². The summed E-state index contributed by atoms with van der Waals surface area (Å²) in [5, 5.41) is 1.17. The van der Waals surface area contributed by atoms with E-state index in [1.807, 2.05) is 30.5 Å². The molecular formula is C17H13N. The van der Waals surface area contributed by atoms with Gasteiger partial charge in [-0.25, -0.2) is 0 Å². The summed E-state index contributed by atoms with van der Waals surface area (Å²) in [7, 11) is 0. The average Bonchev–Trinajstić information content (AvgIpc) is 2.46. The molecule has 1 aromatic heterocycles. The van der Waals surface area contributed by atoms with Crippen LogP contribution in [0.5, 0.6) is 0 Å². The Kier molecular flexibility index (Phi) is 2.89. The molecule has 0 atom stereocenters. The second-order valence-corrected chi connectivity index (χ2v) is 4.17. The molecule has 0 bridgehead atoms. The lowest BCUT2D eigenvalue weighted by Crippen LogP contribution is -1.81. The Balaban J connectivity index is 2.03. The molecule has 0 saturated heterocycles. The zero-order valence-electron chi connectivity index (χ0n) is 9.95. The average molecular weight is 231 g/mol. The van der Waals surface area contributed by atoms with Crippen LogP contribution in [0, 0.1) is 0 Å². The third kappa shape index (κ3) is 2.16. The van der Waals surface area contributed by atoms with Crippen LogP contribution in [0.25, 0.3) is 23.1 Å². The molecule has 0 N–H and O–H groups in total. The normalized spacial score (nSPS) is 11.1. The summed E-state index contributed by atoms with van der Waals surface area (Å²) in [5.74, 6) is 0. The molecule has 1 heterocycles. The number of rotatable bonds is 2. The third-order valence-electron chi connectivity index (χ3n) is 2.92. The Morgan fingerprint density at radius 3 is 2.44 bits per heavy atom. The van der Waals surface area contributed by atoms with Crippen molar-refractivity contribution in [2.45, 2.75) is 0 Å². The summed E-state index contributed by atoms with van der Waals surface area (Å²) in [6, 6.07) is 20.6. The van der Waals surface area contributed by atoms with Crippen LogP contribution in [0.3, 0.4) is 0 Å². The van der Waals surface area contributed by atoms with Crippen molar-refractivity contribution in [3.8, 4) is 0 Å². The van der Waals surface area contributed by atoms with Crippen molar-refractivity contribution < 1.29 is 0 Å². The van der Waals surface area contributed by atoms with Crippen molar-refractivity contribution in [3.63, 3.8) is 0 Å². The predicted molar refractivity (Wildman–Crippen MR) is 77.1 cm³/mol. The monoisotopic (exact) mass is 231 g/mol. The number of hydrogen-bond acceptors (Lipinski definition) is 1. The maximum Gasteiger partial charge on any atom is 0.0774 e. The van der Waals surface area contributed by atoms with Gasteiger partial charge in [0.1, 0.15) is 0 Å². The van der Waals surface area contributed by atoms with Gasteiger partial charge in [0.2, 0.25) is 0 Å². The lowest BCUT2D eigenvalue weighted by atomic mass is 10.1. The lowest BCUT2D eigenvalue weighted by Gasteiger charge is -2.00. The van der Waals surface area contributed by atoms with E-state index in [-0.39, 0.29) is 0 Å². The first-order valence-electron chi connectivity index (χ1n) is 6.00. The van der Waals surface area contributed by atoms with Gasteiger partial charge in [-0.15, -0.1) is 0 Å². The molecule has 2 aromatic carbocycles. The molecule has 0 saturated carbocycles. The Morgan fingerprint density at radius 1 is 0.722 bits per heavy atom. The van der Waals surface area contributed by atoms with Crippen molar-refractivity contribution in [2.24, 2.45) is 0 Å². The largest absolute Gasteiger partial charge is 0.256 e. The fourth-order valence-corrected chi connectivity index (χ4v) is 2.01.